The fourth-order valence-corrected chi connectivity index (χ4v) is 2.66. The molecule has 0 aromatic heterocycles. The monoisotopic (exact) mass is 302 g/mol. The highest BCUT2D eigenvalue weighted by molar-refractivity contribution is 5.81. The molecule has 1 aliphatic rings. The summed E-state index contributed by atoms with van der Waals surface area (Å²) in [5, 5.41) is 8.89. The van der Waals surface area contributed by atoms with Crippen molar-refractivity contribution in [1.29, 1.82) is 5.26 Å². The molecule has 1 aliphatic heterocycles. The molecule has 2 rings (SSSR count). The molecule has 5 heteroatoms. The highest BCUT2D eigenvalue weighted by atomic mass is 16.5. The highest BCUT2D eigenvalue weighted by Gasteiger charge is 2.28. The molecule has 1 aromatic carbocycles. The van der Waals surface area contributed by atoms with Gasteiger partial charge in [0.15, 0.2) is 6.10 Å². The number of carbonyl (C=O) groups excluding carboxylic acids is 1. The van der Waals surface area contributed by atoms with Crippen LogP contribution in [0.2, 0.25) is 0 Å². The Morgan fingerprint density at radius 3 is 3.09 bits per heavy atom. The lowest BCUT2D eigenvalue weighted by Gasteiger charge is -2.34. The summed E-state index contributed by atoms with van der Waals surface area (Å²) in [6.07, 6.45) is 1.50. The maximum Gasteiger partial charge on any atom is 0.263 e. The van der Waals surface area contributed by atoms with Crippen LogP contribution in [0.25, 0.3) is 0 Å². The van der Waals surface area contributed by atoms with Gasteiger partial charge in [0.2, 0.25) is 0 Å². The van der Waals surface area contributed by atoms with Crippen LogP contribution in [-0.2, 0) is 9.53 Å². The number of likely N-dealkylation sites (tertiary alicyclic amines) is 1. The number of benzene rings is 1. The number of ether oxygens (including phenoxy) is 2. The van der Waals surface area contributed by atoms with E-state index in [0.29, 0.717) is 24.5 Å². The summed E-state index contributed by atoms with van der Waals surface area (Å²) in [6, 6.07) is 8.91. The number of piperidine rings is 1. The molecule has 1 saturated heterocycles. The Kier molecular flexibility index (Phi) is 5.79. The average Bonchev–Trinajstić information content (AvgIpc) is 2.55. The predicted molar refractivity (Wildman–Crippen MR) is 82.5 cm³/mol. The second kappa shape index (κ2) is 7.81. The summed E-state index contributed by atoms with van der Waals surface area (Å²) in [7, 11) is 0. The zero-order valence-corrected chi connectivity index (χ0v) is 13.1. The highest BCUT2D eigenvalue weighted by Crippen LogP contribution is 2.18. The molecule has 22 heavy (non-hydrogen) atoms. The van der Waals surface area contributed by atoms with Crippen molar-refractivity contribution in [2.75, 3.05) is 19.7 Å². The van der Waals surface area contributed by atoms with Gasteiger partial charge in [-0.25, -0.2) is 0 Å². The molecule has 1 heterocycles. The Hall–Kier alpha value is -2.06. The van der Waals surface area contributed by atoms with E-state index < -0.39 is 6.10 Å². The molecule has 1 amide bonds. The molecule has 0 unspecified atom stereocenters. The molecular formula is C17H22N2O3. The van der Waals surface area contributed by atoms with Crippen LogP contribution in [-0.4, -0.2) is 42.7 Å². The maximum atomic E-state index is 12.5. The van der Waals surface area contributed by atoms with Gasteiger partial charge < -0.3 is 14.4 Å². The van der Waals surface area contributed by atoms with Gasteiger partial charge in [-0.3, -0.25) is 4.79 Å². The minimum atomic E-state index is -0.575. The largest absolute Gasteiger partial charge is 0.481 e. The average molecular weight is 302 g/mol. The molecule has 0 saturated carbocycles. The first kappa shape index (κ1) is 16.3. The third kappa shape index (κ3) is 4.22. The molecular weight excluding hydrogens is 280 g/mol. The van der Waals surface area contributed by atoms with Crippen LogP contribution in [0.4, 0.5) is 0 Å². The number of carbonyl (C=O) groups is 1. The van der Waals surface area contributed by atoms with Crippen molar-refractivity contribution in [2.45, 2.75) is 38.9 Å². The van der Waals surface area contributed by atoms with Gasteiger partial charge in [0, 0.05) is 19.7 Å². The Labute approximate surface area is 131 Å². The summed E-state index contributed by atoms with van der Waals surface area (Å²) in [5.74, 6) is 0.505. The van der Waals surface area contributed by atoms with Crippen LogP contribution in [0.5, 0.6) is 5.75 Å². The third-order valence-corrected chi connectivity index (χ3v) is 3.72. The van der Waals surface area contributed by atoms with Crippen LogP contribution >= 0.6 is 0 Å². The lowest BCUT2D eigenvalue weighted by Crippen LogP contribution is -2.48. The molecule has 0 N–H and O–H groups in total. The fraction of sp³-hybridized carbons (Fsp3) is 0.529. The SMILES string of the molecule is CCO[C@@H]1CCCN(C(=O)[C@@H](C)Oc2cccc(C#N)c2)C1. The van der Waals surface area contributed by atoms with Crippen molar-refractivity contribution >= 4 is 5.91 Å². The van der Waals surface area contributed by atoms with Gasteiger partial charge in [0.25, 0.3) is 5.91 Å². The van der Waals surface area contributed by atoms with Crippen molar-refractivity contribution < 1.29 is 14.3 Å². The number of nitriles is 1. The van der Waals surface area contributed by atoms with E-state index in [9.17, 15) is 4.79 Å². The molecule has 1 aromatic rings. The molecule has 0 aliphatic carbocycles. The molecule has 2 atom stereocenters. The van der Waals surface area contributed by atoms with Crippen LogP contribution < -0.4 is 4.74 Å². The zero-order chi connectivity index (χ0) is 15.9. The van der Waals surface area contributed by atoms with E-state index in [-0.39, 0.29) is 12.0 Å². The Morgan fingerprint density at radius 2 is 2.36 bits per heavy atom. The summed E-state index contributed by atoms with van der Waals surface area (Å²) in [5.41, 5.74) is 0.520. The Morgan fingerprint density at radius 1 is 1.55 bits per heavy atom. The minimum Gasteiger partial charge on any atom is -0.481 e. The van der Waals surface area contributed by atoms with Gasteiger partial charge in [-0.2, -0.15) is 5.26 Å². The van der Waals surface area contributed by atoms with Crippen LogP contribution in [0.3, 0.4) is 0 Å². The number of rotatable bonds is 5. The van der Waals surface area contributed by atoms with Crippen molar-refractivity contribution in [3.63, 3.8) is 0 Å². The van der Waals surface area contributed by atoms with E-state index in [0.717, 1.165) is 19.4 Å². The Bertz CT molecular complexity index is 551. The number of hydrogen-bond donors (Lipinski definition) is 0. The topological polar surface area (TPSA) is 62.6 Å². The van der Waals surface area contributed by atoms with Crippen molar-refractivity contribution in [3.8, 4) is 11.8 Å². The number of nitrogens with zero attached hydrogens (tertiary/aromatic N) is 2. The molecule has 1 fully saturated rings. The molecule has 0 spiro atoms. The number of amides is 1. The van der Waals surface area contributed by atoms with Crippen molar-refractivity contribution in [3.05, 3.63) is 29.8 Å². The second-order valence-electron chi connectivity index (χ2n) is 5.40. The minimum absolute atomic E-state index is 0.0354. The van der Waals surface area contributed by atoms with E-state index in [2.05, 4.69) is 6.07 Å². The molecule has 0 bridgehead atoms. The smallest absolute Gasteiger partial charge is 0.263 e. The van der Waals surface area contributed by atoms with Gasteiger partial charge in [-0.05, 0) is 44.9 Å². The van der Waals surface area contributed by atoms with E-state index >= 15 is 0 Å². The van der Waals surface area contributed by atoms with Gasteiger partial charge in [-0.15, -0.1) is 0 Å². The predicted octanol–water partition coefficient (Wildman–Crippen LogP) is 2.35. The summed E-state index contributed by atoms with van der Waals surface area (Å²) >= 11 is 0. The summed E-state index contributed by atoms with van der Waals surface area (Å²) < 4.78 is 11.3. The maximum absolute atomic E-state index is 12.5. The first-order valence-corrected chi connectivity index (χ1v) is 7.71. The normalized spacial score (nSPS) is 19.3. The molecule has 118 valence electrons. The quantitative estimate of drug-likeness (QED) is 0.837. The summed E-state index contributed by atoms with van der Waals surface area (Å²) in [6.45, 7) is 5.74. The standard InChI is InChI=1S/C17H22N2O3/c1-3-21-16-8-5-9-19(12-16)17(20)13(2)22-15-7-4-6-14(10-15)11-18/h4,6-7,10,13,16H,3,5,8-9,12H2,1-2H3/t13-,16-/m1/s1. The van der Waals surface area contributed by atoms with E-state index in [1.54, 1.807) is 31.2 Å². The van der Waals surface area contributed by atoms with Gasteiger partial charge in [0.05, 0.1) is 17.7 Å². The zero-order valence-electron chi connectivity index (χ0n) is 13.1. The summed E-state index contributed by atoms with van der Waals surface area (Å²) in [4.78, 5) is 14.3. The first-order valence-electron chi connectivity index (χ1n) is 7.71. The number of hydrogen-bond acceptors (Lipinski definition) is 4. The fourth-order valence-electron chi connectivity index (χ4n) is 2.66. The van der Waals surface area contributed by atoms with Crippen molar-refractivity contribution in [1.82, 2.24) is 4.90 Å². The third-order valence-electron chi connectivity index (χ3n) is 3.72. The van der Waals surface area contributed by atoms with Gasteiger partial charge in [-0.1, -0.05) is 6.07 Å². The van der Waals surface area contributed by atoms with Crippen molar-refractivity contribution in [2.24, 2.45) is 0 Å². The van der Waals surface area contributed by atoms with E-state index in [1.165, 1.54) is 0 Å². The molecule has 0 radical (unpaired) electrons. The second-order valence-corrected chi connectivity index (χ2v) is 5.40. The molecule has 5 nitrogen and oxygen atoms in total. The van der Waals surface area contributed by atoms with Gasteiger partial charge >= 0.3 is 0 Å². The lowest BCUT2D eigenvalue weighted by molar-refractivity contribution is -0.142. The van der Waals surface area contributed by atoms with E-state index in [4.69, 9.17) is 14.7 Å². The Balaban J connectivity index is 1.95. The van der Waals surface area contributed by atoms with Crippen LogP contribution in [0.15, 0.2) is 24.3 Å². The first-order chi connectivity index (χ1) is 10.6. The van der Waals surface area contributed by atoms with Crippen LogP contribution in [0.1, 0.15) is 32.3 Å². The van der Waals surface area contributed by atoms with Crippen LogP contribution in [0, 0.1) is 11.3 Å². The van der Waals surface area contributed by atoms with E-state index in [1.807, 2.05) is 11.8 Å². The van der Waals surface area contributed by atoms with Gasteiger partial charge in [0.1, 0.15) is 5.75 Å². The lowest BCUT2D eigenvalue weighted by atomic mass is 10.1.